The second-order valence-corrected chi connectivity index (χ2v) is 9.13. The molecular weight excluding hydrogens is 272 g/mol. The maximum Gasteiger partial charge on any atom is 0.155 e. The molecule has 3 fully saturated rings. The molecule has 0 aromatic rings. The molecule has 2 heteroatoms. The fraction of sp³-hybridized carbons (Fsp3) is 0.850. The molecule has 0 amide bonds. The summed E-state index contributed by atoms with van der Waals surface area (Å²) in [6.07, 6.45) is 9.51. The lowest BCUT2D eigenvalue weighted by Gasteiger charge is -2.57. The van der Waals surface area contributed by atoms with Crippen LogP contribution in [0, 0.1) is 35.0 Å². The van der Waals surface area contributed by atoms with Crippen molar-refractivity contribution in [1.29, 1.82) is 0 Å². The summed E-state index contributed by atoms with van der Waals surface area (Å²) < 4.78 is 0. The van der Waals surface area contributed by atoms with Gasteiger partial charge in [-0.3, -0.25) is 4.79 Å². The van der Waals surface area contributed by atoms with Gasteiger partial charge in [-0.1, -0.05) is 19.4 Å². The topological polar surface area (TPSA) is 37.3 Å². The van der Waals surface area contributed by atoms with Crippen LogP contribution in [-0.2, 0) is 4.79 Å². The van der Waals surface area contributed by atoms with Gasteiger partial charge in [0.1, 0.15) is 0 Å². The molecule has 0 aliphatic heterocycles. The van der Waals surface area contributed by atoms with Crippen LogP contribution in [0.2, 0.25) is 0 Å². The van der Waals surface area contributed by atoms with Crippen LogP contribution in [0.15, 0.2) is 11.6 Å². The van der Waals surface area contributed by atoms with Crippen LogP contribution in [0.25, 0.3) is 0 Å². The molecule has 4 aliphatic rings. The van der Waals surface area contributed by atoms with Gasteiger partial charge >= 0.3 is 0 Å². The maximum atomic E-state index is 11.8. The van der Waals surface area contributed by atoms with Gasteiger partial charge in [-0.25, -0.2) is 0 Å². The van der Waals surface area contributed by atoms with Crippen LogP contribution in [-0.4, -0.2) is 16.5 Å². The first-order chi connectivity index (χ1) is 10.3. The highest BCUT2D eigenvalue weighted by Crippen LogP contribution is 2.65. The molecule has 2 nitrogen and oxygen atoms in total. The standard InChI is InChI=1S/C20H30O2/c1-12-10-13-11-14(21)4-5-15(13)16-6-8-19(2)17(18(12)16)7-9-20(19,3)22/h11-12,15-18,22H,4-10H2,1-3H3/t12-,15+,16+,17+,18+,19+,20+/m1/s1. The number of hydrogen-bond donors (Lipinski definition) is 1. The van der Waals surface area contributed by atoms with Gasteiger partial charge in [-0.15, -0.1) is 0 Å². The highest BCUT2D eigenvalue weighted by Gasteiger charge is 2.61. The summed E-state index contributed by atoms with van der Waals surface area (Å²) in [7, 11) is 0. The molecule has 7 atom stereocenters. The monoisotopic (exact) mass is 302 g/mol. The van der Waals surface area contributed by atoms with Gasteiger partial charge in [0.25, 0.3) is 0 Å². The van der Waals surface area contributed by atoms with E-state index in [-0.39, 0.29) is 5.41 Å². The van der Waals surface area contributed by atoms with E-state index in [1.54, 1.807) is 0 Å². The van der Waals surface area contributed by atoms with E-state index in [9.17, 15) is 9.90 Å². The van der Waals surface area contributed by atoms with E-state index in [0.717, 1.165) is 43.9 Å². The quantitative estimate of drug-likeness (QED) is 0.730. The van der Waals surface area contributed by atoms with Crippen molar-refractivity contribution in [2.75, 3.05) is 0 Å². The van der Waals surface area contributed by atoms with Gasteiger partial charge in [0.05, 0.1) is 5.60 Å². The Hall–Kier alpha value is -0.630. The highest BCUT2D eigenvalue weighted by molar-refractivity contribution is 5.91. The molecule has 3 saturated carbocycles. The van der Waals surface area contributed by atoms with E-state index in [4.69, 9.17) is 0 Å². The molecule has 0 saturated heterocycles. The van der Waals surface area contributed by atoms with Gasteiger partial charge in [-0.2, -0.15) is 0 Å². The molecule has 122 valence electrons. The zero-order valence-electron chi connectivity index (χ0n) is 14.3. The van der Waals surface area contributed by atoms with Crippen LogP contribution in [0.4, 0.5) is 0 Å². The van der Waals surface area contributed by atoms with Crippen LogP contribution >= 0.6 is 0 Å². The van der Waals surface area contributed by atoms with Crippen molar-refractivity contribution in [3.63, 3.8) is 0 Å². The lowest BCUT2D eigenvalue weighted by atomic mass is 9.48. The highest BCUT2D eigenvalue weighted by atomic mass is 16.3. The first-order valence-corrected chi connectivity index (χ1v) is 9.29. The SMILES string of the molecule is C[C@@H]1CC2=CC(=O)CC[C@@H]2[C@@H]2CC[C@@]3(C)[C@@H](CC[C@]3(C)O)[C@H]21. The Balaban J connectivity index is 1.69. The van der Waals surface area contributed by atoms with Gasteiger partial charge < -0.3 is 5.11 Å². The third-order valence-electron chi connectivity index (χ3n) is 8.20. The zero-order valence-corrected chi connectivity index (χ0v) is 14.3. The summed E-state index contributed by atoms with van der Waals surface area (Å²) in [4.78, 5) is 11.8. The van der Waals surface area contributed by atoms with Gasteiger partial charge in [0.15, 0.2) is 5.78 Å². The second-order valence-electron chi connectivity index (χ2n) is 9.13. The molecule has 4 rings (SSSR count). The Morgan fingerprint density at radius 2 is 1.95 bits per heavy atom. The Morgan fingerprint density at radius 3 is 2.73 bits per heavy atom. The second kappa shape index (κ2) is 4.69. The number of carbonyl (C=O) groups is 1. The minimum absolute atomic E-state index is 0.105. The van der Waals surface area contributed by atoms with Gasteiger partial charge in [-0.05, 0) is 86.5 Å². The Kier molecular flexibility index (Phi) is 3.18. The largest absolute Gasteiger partial charge is 0.390 e. The number of aliphatic hydroxyl groups is 1. The average Bonchev–Trinajstić information content (AvgIpc) is 2.69. The number of allylic oxidation sites excluding steroid dienone is 1. The molecule has 0 unspecified atom stereocenters. The van der Waals surface area contributed by atoms with Crippen molar-refractivity contribution in [2.24, 2.45) is 35.0 Å². The van der Waals surface area contributed by atoms with E-state index in [0.29, 0.717) is 23.5 Å². The molecule has 0 spiro atoms. The molecular formula is C20H30O2. The first kappa shape index (κ1) is 14.9. The number of hydrogen-bond acceptors (Lipinski definition) is 2. The predicted octanol–water partition coefficient (Wildman–Crippen LogP) is 4.13. The maximum absolute atomic E-state index is 11.8. The lowest BCUT2D eigenvalue weighted by molar-refractivity contribution is -0.121. The fourth-order valence-electron chi connectivity index (χ4n) is 6.83. The van der Waals surface area contributed by atoms with Crippen molar-refractivity contribution in [3.05, 3.63) is 11.6 Å². The lowest BCUT2D eigenvalue weighted by Crippen LogP contribution is -2.53. The third kappa shape index (κ3) is 1.85. The number of carbonyl (C=O) groups excluding carboxylic acids is 1. The summed E-state index contributed by atoms with van der Waals surface area (Å²) in [5, 5.41) is 10.9. The van der Waals surface area contributed by atoms with Crippen molar-refractivity contribution >= 4 is 5.78 Å². The Bertz CT molecular complexity index is 532. The van der Waals surface area contributed by atoms with Crippen molar-refractivity contribution < 1.29 is 9.90 Å². The van der Waals surface area contributed by atoms with Crippen molar-refractivity contribution in [3.8, 4) is 0 Å². The summed E-state index contributed by atoms with van der Waals surface area (Å²) in [5.74, 6) is 3.86. The fourth-order valence-corrected chi connectivity index (χ4v) is 6.83. The van der Waals surface area contributed by atoms with E-state index >= 15 is 0 Å². The average molecular weight is 302 g/mol. The van der Waals surface area contributed by atoms with Crippen LogP contribution in [0.3, 0.4) is 0 Å². The van der Waals surface area contributed by atoms with Crippen LogP contribution in [0.1, 0.15) is 65.7 Å². The van der Waals surface area contributed by atoms with Gasteiger partial charge in [0.2, 0.25) is 0 Å². The molecule has 1 N–H and O–H groups in total. The molecule has 0 radical (unpaired) electrons. The van der Waals surface area contributed by atoms with E-state index < -0.39 is 5.60 Å². The minimum Gasteiger partial charge on any atom is -0.390 e. The van der Waals surface area contributed by atoms with Crippen LogP contribution < -0.4 is 0 Å². The Labute approximate surface area is 134 Å². The van der Waals surface area contributed by atoms with E-state index in [1.807, 2.05) is 6.08 Å². The van der Waals surface area contributed by atoms with Crippen LogP contribution in [0.5, 0.6) is 0 Å². The molecule has 22 heavy (non-hydrogen) atoms. The minimum atomic E-state index is -0.485. The third-order valence-corrected chi connectivity index (χ3v) is 8.20. The molecule has 0 aromatic carbocycles. The van der Waals surface area contributed by atoms with E-state index in [2.05, 4.69) is 20.8 Å². The number of rotatable bonds is 0. The van der Waals surface area contributed by atoms with Gasteiger partial charge in [0, 0.05) is 6.42 Å². The molecule has 0 bridgehead atoms. The molecule has 0 aromatic heterocycles. The van der Waals surface area contributed by atoms with E-state index in [1.165, 1.54) is 18.4 Å². The zero-order chi connectivity index (χ0) is 15.7. The van der Waals surface area contributed by atoms with Crippen molar-refractivity contribution in [1.82, 2.24) is 0 Å². The number of ketones is 1. The Morgan fingerprint density at radius 1 is 1.18 bits per heavy atom. The molecule has 0 heterocycles. The summed E-state index contributed by atoms with van der Waals surface area (Å²) >= 11 is 0. The summed E-state index contributed by atoms with van der Waals surface area (Å²) in [6, 6.07) is 0. The number of fused-ring (bicyclic) bond motifs is 5. The summed E-state index contributed by atoms with van der Waals surface area (Å²) in [5.41, 5.74) is 1.08. The summed E-state index contributed by atoms with van der Waals surface area (Å²) in [6.45, 7) is 6.82. The smallest absolute Gasteiger partial charge is 0.155 e. The van der Waals surface area contributed by atoms with Crippen molar-refractivity contribution in [2.45, 2.75) is 71.3 Å². The predicted molar refractivity (Wildman–Crippen MR) is 87.3 cm³/mol. The normalized spacial score (nSPS) is 54.3. The first-order valence-electron chi connectivity index (χ1n) is 9.29. The molecule has 4 aliphatic carbocycles.